The number of carbonyl (C=O) groups excluding carboxylic acids is 1. The quantitative estimate of drug-likeness (QED) is 0.856. The molecule has 1 N–H and O–H groups in total. The number of aliphatic hydroxyl groups excluding tert-OH is 1. The van der Waals surface area contributed by atoms with Crippen LogP contribution in [0.3, 0.4) is 0 Å². The molecule has 1 aliphatic rings. The molecule has 8 heteroatoms. The van der Waals surface area contributed by atoms with Crippen molar-refractivity contribution in [3.63, 3.8) is 0 Å². The number of amides is 1. The van der Waals surface area contributed by atoms with Gasteiger partial charge in [0.1, 0.15) is 0 Å². The summed E-state index contributed by atoms with van der Waals surface area (Å²) in [5.74, 6) is 0.916. The van der Waals surface area contributed by atoms with Crippen molar-refractivity contribution in [3.8, 4) is 0 Å². The zero-order valence-electron chi connectivity index (χ0n) is 14.7. The van der Waals surface area contributed by atoms with Gasteiger partial charge in [0.2, 0.25) is 11.8 Å². The molecule has 25 heavy (non-hydrogen) atoms. The van der Waals surface area contributed by atoms with Gasteiger partial charge in [0.05, 0.1) is 24.3 Å². The molecule has 1 amide bonds. The second-order valence-electron chi connectivity index (χ2n) is 6.31. The SMILES string of the molecule is CCN(Cc1nnc(C)o1)[C@H]1CN(C(=O)c2ccc(C)nc2)C[C@H]1O. The molecule has 1 fully saturated rings. The Kier molecular flexibility index (Phi) is 5.10. The second-order valence-corrected chi connectivity index (χ2v) is 6.31. The largest absolute Gasteiger partial charge is 0.424 e. The maximum atomic E-state index is 12.6. The molecular weight excluding hydrogens is 322 g/mol. The van der Waals surface area contributed by atoms with Crippen molar-refractivity contribution in [2.24, 2.45) is 0 Å². The summed E-state index contributed by atoms with van der Waals surface area (Å²) in [5, 5.41) is 18.3. The van der Waals surface area contributed by atoms with Gasteiger partial charge < -0.3 is 14.4 Å². The highest BCUT2D eigenvalue weighted by Crippen LogP contribution is 2.20. The number of likely N-dealkylation sites (N-methyl/N-ethyl adjacent to an activating group) is 1. The number of hydrogen-bond donors (Lipinski definition) is 1. The molecule has 0 aromatic carbocycles. The van der Waals surface area contributed by atoms with Gasteiger partial charge in [-0.3, -0.25) is 14.7 Å². The Morgan fingerprint density at radius 3 is 2.76 bits per heavy atom. The molecule has 3 heterocycles. The van der Waals surface area contributed by atoms with Gasteiger partial charge in [-0.2, -0.15) is 0 Å². The number of β-amino-alcohol motifs (C(OH)–C–C–N with tert-alkyl or cyclic N) is 1. The Bertz CT molecular complexity index is 730. The summed E-state index contributed by atoms with van der Waals surface area (Å²) in [6, 6.07) is 3.41. The third-order valence-electron chi connectivity index (χ3n) is 4.49. The summed E-state index contributed by atoms with van der Waals surface area (Å²) < 4.78 is 5.43. The topological polar surface area (TPSA) is 95.6 Å². The van der Waals surface area contributed by atoms with Gasteiger partial charge in [0.25, 0.3) is 5.91 Å². The molecule has 0 spiro atoms. The Hall–Kier alpha value is -2.32. The van der Waals surface area contributed by atoms with Crippen molar-refractivity contribution in [3.05, 3.63) is 41.4 Å². The van der Waals surface area contributed by atoms with Crippen LogP contribution in [0.2, 0.25) is 0 Å². The van der Waals surface area contributed by atoms with Crippen LogP contribution in [-0.2, 0) is 6.54 Å². The molecule has 0 aliphatic carbocycles. The van der Waals surface area contributed by atoms with Gasteiger partial charge in [0, 0.05) is 31.9 Å². The van der Waals surface area contributed by atoms with Crippen molar-refractivity contribution >= 4 is 5.91 Å². The lowest BCUT2D eigenvalue weighted by atomic mass is 10.2. The van der Waals surface area contributed by atoms with Gasteiger partial charge in [0.15, 0.2) is 0 Å². The monoisotopic (exact) mass is 345 g/mol. The third-order valence-corrected chi connectivity index (χ3v) is 4.49. The van der Waals surface area contributed by atoms with E-state index in [0.29, 0.717) is 43.5 Å². The van der Waals surface area contributed by atoms with Crippen LogP contribution >= 0.6 is 0 Å². The molecule has 8 nitrogen and oxygen atoms in total. The first-order valence-electron chi connectivity index (χ1n) is 8.41. The van der Waals surface area contributed by atoms with Gasteiger partial charge in [-0.25, -0.2) is 0 Å². The molecular formula is C17H23N5O3. The molecule has 1 aliphatic heterocycles. The number of rotatable bonds is 5. The molecule has 2 atom stereocenters. The zero-order valence-corrected chi connectivity index (χ0v) is 14.7. The maximum absolute atomic E-state index is 12.6. The summed E-state index contributed by atoms with van der Waals surface area (Å²) in [7, 11) is 0. The Labute approximate surface area is 146 Å². The number of aromatic nitrogens is 3. The van der Waals surface area contributed by atoms with Crippen LogP contribution in [0.25, 0.3) is 0 Å². The van der Waals surface area contributed by atoms with Crippen molar-refractivity contribution in [1.82, 2.24) is 25.0 Å². The number of likely N-dealkylation sites (tertiary alicyclic amines) is 1. The van der Waals surface area contributed by atoms with E-state index in [-0.39, 0.29) is 11.9 Å². The van der Waals surface area contributed by atoms with Crippen LogP contribution in [0.1, 0.15) is 34.8 Å². The van der Waals surface area contributed by atoms with Crippen LogP contribution in [0.15, 0.2) is 22.7 Å². The molecule has 0 unspecified atom stereocenters. The number of pyridine rings is 1. The van der Waals surface area contributed by atoms with Crippen LogP contribution in [0.5, 0.6) is 0 Å². The lowest BCUT2D eigenvalue weighted by molar-refractivity contribution is 0.0743. The number of nitrogens with zero attached hydrogens (tertiary/aromatic N) is 5. The van der Waals surface area contributed by atoms with E-state index in [4.69, 9.17) is 4.42 Å². The molecule has 0 bridgehead atoms. The summed E-state index contributed by atoms with van der Waals surface area (Å²) in [4.78, 5) is 20.5. The van der Waals surface area contributed by atoms with Crippen molar-refractivity contribution in [2.45, 2.75) is 39.5 Å². The standard InChI is InChI=1S/C17H23N5O3/c1-4-21(10-16-20-19-12(3)25-16)14-8-22(9-15(14)23)17(24)13-6-5-11(2)18-7-13/h5-7,14-15,23H,4,8-10H2,1-3H3/t14-,15+/m0/s1. The molecule has 2 aromatic rings. The van der Waals surface area contributed by atoms with E-state index in [1.165, 1.54) is 0 Å². The summed E-state index contributed by atoms with van der Waals surface area (Å²) in [6.45, 7) is 7.54. The first-order valence-corrected chi connectivity index (χ1v) is 8.41. The van der Waals surface area contributed by atoms with E-state index in [1.54, 1.807) is 24.1 Å². The molecule has 134 valence electrons. The lowest BCUT2D eigenvalue weighted by Gasteiger charge is -2.27. The number of aliphatic hydroxyl groups is 1. The predicted octanol–water partition coefficient (Wildman–Crippen LogP) is 0.789. The average molecular weight is 345 g/mol. The Morgan fingerprint density at radius 2 is 2.16 bits per heavy atom. The van der Waals surface area contributed by atoms with E-state index in [9.17, 15) is 9.90 Å². The van der Waals surface area contributed by atoms with Crippen molar-refractivity contribution < 1.29 is 14.3 Å². The van der Waals surface area contributed by atoms with Crippen LogP contribution in [0, 0.1) is 13.8 Å². The predicted molar refractivity (Wildman–Crippen MR) is 89.8 cm³/mol. The smallest absolute Gasteiger partial charge is 0.255 e. The lowest BCUT2D eigenvalue weighted by Crippen LogP contribution is -2.43. The first-order chi connectivity index (χ1) is 12.0. The molecule has 0 radical (unpaired) electrons. The van der Waals surface area contributed by atoms with E-state index in [0.717, 1.165) is 5.69 Å². The van der Waals surface area contributed by atoms with Gasteiger partial charge in [-0.1, -0.05) is 6.92 Å². The minimum Gasteiger partial charge on any atom is -0.424 e. The van der Waals surface area contributed by atoms with Crippen LogP contribution in [-0.4, -0.2) is 67.8 Å². The van der Waals surface area contributed by atoms with E-state index in [2.05, 4.69) is 20.1 Å². The third kappa shape index (κ3) is 3.85. The Balaban J connectivity index is 1.69. The normalized spacial score (nSPS) is 20.4. The highest BCUT2D eigenvalue weighted by Gasteiger charge is 2.38. The van der Waals surface area contributed by atoms with Crippen molar-refractivity contribution in [2.75, 3.05) is 19.6 Å². The molecule has 1 saturated heterocycles. The van der Waals surface area contributed by atoms with E-state index in [1.807, 2.05) is 19.9 Å². The van der Waals surface area contributed by atoms with E-state index < -0.39 is 6.10 Å². The average Bonchev–Trinajstić information content (AvgIpc) is 3.18. The zero-order chi connectivity index (χ0) is 18.0. The number of carbonyl (C=O) groups is 1. The fraction of sp³-hybridized carbons (Fsp3) is 0.529. The number of aryl methyl sites for hydroxylation is 2. The van der Waals surface area contributed by atoms with Gasteiger partial charge in [-0.05, 0) is 25.6 Å². The number of hydrogen-bond acceptors (Lipinski definition) is 7. The van der Waals surface area contributed by atoms with Crippen LogP contribution in [0.4, 0.5) is 0 Å². The fourth-order valence-electron chi connectivity index (χ4n) is 3.11. The van der Waals surface area contributed by atoms with Crippen LogP contribution < -0.4 is 0 Å². The Morgan fingerprint density at radius 1 is 1.36 bits per heavy atom. The van der Waals surface area contributed by atoms with Gasteiger partial charge >= 0.3 is 0 Å². The molecule has 3 rings (SSSR count). The second kappa shape index (κ2) is 7.28. The summed E-state index contributed by atoms with van der Waals surface area (Å²) in [5.41, 5.74) is 1.40. The highest BCUT2D eigenvalue weighted by atomic mass is 16.4. The highest BCUT2D eigenvalue weighted by molar-refractivity contribution is 5.94. The molecule has 0 saturated carbocycles. The summed E-state index contributed by atoms with van der Waals surface area (Å²) >= 11 is 0. The fourth-order valence-corrected chi connectivity index (χ4v) is 3.11. The first kappa shape index (κ1) is 17.5. The minimum absolute atomic E-state index is 0.112. The maximum Gasteiger partial charge on any atom is 0.255 e. The van der Waals surface area contributed by atoms with Crippen molar-refractivity contribution in [1.29, 1.82) is 0 Å². The van der Waals surface area contributed by atoms with Gasteiger partial charge in [-0.15, -0.1) is 10.2 Å². The minimum atomic E-state index is -0.619. The van der Waals surface area contributed by atoms with E-state index >= 15 is 0 Å². The molecule has 2 aromatic heterocycles. The summed E-state index contributed by atoms with van der Waals surface area (Å²) in [6.07, 6.45) is 0.960.